The molecule has 0 aromatic heterocycles. The van der Waals surface area contributed by atoms with Gasteiger partial charge in [0.25, 0.3) is 0 Å². The molecule has 1 aromatic carbocycles. The van der Waals surface area contributed by atoms with Gasteiger partial charge in [0, 0.05) is 0 Å². The number of nitrogens with one attached hydrogen (secondary N) is 5. The summed E-state index contributed by atoms with van der Waals surface area (Å²) in [6, 6.07) is 4.85. The van der Waals surface area contributed by atoms with Crippen LogP contribution in [0.4, 0.5) is 4.79 Å². The molecule has 40 heavy (non-hydrogen) atoms. The minimum absolute atomic E-state index is 0.00164. The molecule has 13 nitrogen and oxygen atoms in total. The number of rotatable bonds is 15. The van der Waals surface area contributed by atoms with E-state index in [1.54, 1.807) is 26.0 Å². The summed E-state index contributed by atoms with van der Waals surface area (Å²) >= 11 is 0. The number of carboxylic acids is 1. The number of ether oxygens (including phenoxy) is 1. The van der Waals surface area contributed by atoms with Crippen LogP contribution in [0.25, 0.3) is 0 Å². The van der Waals surface area contributed by atoms with Gasteiger partial charge < -0.3 is 36.4 Å². The van der Waals surface area contributed by atoms with Gasteiger partial charge in [-0.25, -0.2) is 4.79 Å². The minimum atomic E-state index is -1.22. The highest BCUT2D eigenvalue weighted by Gasteiger charge is 2.30. The highest BCUT2D eigenvalue weighted by molar-refractivity contribution is 5.94. The van der Waals surface area contributed by atoms with Crippen LogP contribution in [-0.4, -0.2) is 71.5 Å². The number of alkyl carbamates (subject to hydrolysis) is 1. The van der Waals surface area contributed by atoms with E-state index >= 15 is 0 Å². The second-order valence-corrected chi connectivity index (χ2v) is 10.2. The van der Waals surface area contributed by atoms with Crippen molar-refractivity contribution < 1.29 is 38.6 Å². The van der Waals surface area contributed by atoms with Crippen LogP contribution in [0.3, 0.4) is 0 Å². The topological polar surface area (TPSA) is 192 Å². The molecule has 222 valence electrons. The molecular weight excluding hydrogens is 522 g/mol. The zero-order chi connectivity index (χ0) is 30.4. The number of carbonyl (C=O) groups excluding carboxylic acids is 5. The molecule has 0 aliphatic carbocycles. The second kappa shape index (κ2) is 16.7. The number of hydrogen-bond donors (Lipinski definition) is 6. The number of carboxylic acid groups (broad SMARTS) is 1. The number of carbonyl (C=O) groups is 6. The summed E-state index contributed by atoms with van der Waals surface area (Å²) < 4.78 is 5.19. The molecule has 1 aromatic rings. The minimum Gasteiger partial charge on any atom is -0.480 e. The monoisotopic (exact) mass is 563 g/mol. The van der Waals surface area contributed by atoms with Gasteiger partial charge in [-0.1, -0.05) is 58.0 Å². The van der Waals surface area contributed by atoms with Crippen molar-refractivity contribution in [2.45, 2.75) is 78.7 Å². The van der Waals surface area contributed by atoms with Crippen LogP contribution in [0.2, 0.25) is 0 Å². The van der Waals surface area contributed by atoms with Crippen molar-refractivity contribution in [2.75, 3.05) is 6.54 Å². The standard InChI is InChI=1S/C27H41N5O8/c1-15(2)12-20(24(35)28-13-21(33)29-18(6)26(37)38)31-23(34)17(5)30-25(36)22(16(3)4)32-27(39)40-14-19-10-8-7-9-11-19/h7-11,15-18,20,22H,12-14H2,1-6H3,(H,28,35)(H,29,33)(H,30,36)(H,31,34)(H,32,39)(H,37,38). The second-order valence-electron chi connectivity index (χ2n) is 10.2. The summed E-state index contributed by atoms with van der Waals surface area (Å²) in [6.07, 6.45) is -0.542. The zero-order valence-corrected chi connectivity index (χ0v) is 23.8. The smallest absolute Gasteiger partial charge is 0.408 e. The lowest BCUT2D eigenvalue weighted by molar-refractivity contribution is -0.141. The molecule has 0 spiro atoms. The molecule has 0 aliphatic rings. The third-order valence-electron chi connectivity index (χ3n) is 5.70. The molecule has 0 heterocycles. The molecular formula is C27H41N5O8. The maximum atomic E-state index is 12.9. The molecule has 0 aliphatic heterocycles. The largest absolute Gasteiger partial charge is 0.480 e. The van der Waals surface area contributed by atoms with Crippen molar-refractivity contribution in [3.63, 3.8) is 0 Å². The van der Waals surface area contributed by atoms with Gasteiger partial charge in [0.1, 0.15) is 30.8 Å². The number of aliphatic carboxylic acids is 1. The van der Waals surface area contributed by atoms with E-state index in [4.69, 9.17) is 9.84 Å². The SMILES string of the molecule is CC(C)CC(NC(=O)C(C)NC(=O)C(NC(=O)OCc1ccccc1)C(C)C)C(=O)NCC(=O)NC(C)C(=O)O. The van der Waals surface area contributed by atoms with E-state index < -0.39 is 66.4 Å². The summed E-state index contributed by atoms with van der Waals surface area (Å²) in [7, 11) is 0. The van der Waals surface area contributed by atoms with Crippen LogP contribution in [0.1, 0.15) is 53.5 Å². The average molecular weight is 564 g/mol. The summed E-state index contributed by atoms with van der Waals surface area (Å²) in [5.41, 5.74) is 0.781. The van der Waals surface area contributed by atoms with Gasteiger partial charge in [0.15, 0.2) is 0 Å². The van der Waals surface area contributed by atoms with Gasteiger partial charge >= 0.3 is 12.1 Å². The first-order chi connectivity index (χ1) is 18.7. The molecule has 0 radical (unpaired) electrons. The number of benzene rings is 1. The molecule has 4 atom stereocenters. The van der Waals surface area contributed by atoms with E-state index in [2.05, 4.69) is 26.6 Å². The Kier molecular flexibility index (Phi) is 14.2. The van der Waals surface area contributed by atoms with Crippen LogP contribution in [0, 0.1) is 11.8 Å². The maximum Gasteiger partial charge on any atom is 0.408 e. The lowest BCUT2D eigenvalue weighted by atomic mass is 10.0. The predicted octanol–water partition coefficient (Wildman–Crippen LogP) is 0.679. The Morgan fingerprint density at radius 3 is 1.95 bits per heavy atom. The number of amides is 5. The Bertz CT molecular complexity index is 1030. The van der Waals surface area contributed by atoms with Crippen LogP contribution in [-0.2, 0) is 35.3 Å². The van der Waals surface area contributed by atoms with E-state index in [-0.39, 0.29) is 24.9 Å². The summed E-state index contributed by atoms with van der Waals surface area (Å²) in [4.78, 5) is 73.5. The van der Waals surface area contributed by atoms with Crippen LogP contribution < -0.4 is 26.6 Å². The molecule has 0 fully saturated rings. The predicted molar refractivity (Wildman–Crippen MR) is 146 cm³/mol. The molecule has 4 unspecified atom stereocenters. The lowest BCUT2D eigenvalue weighted by Crippen LogP contribution is -2.57. The van der Waals surface area contributed by atoms with E-state index in [1.807, 2.05) is 32.0 Å². The maximum absolute atomic E-state index is 12.9. The molecule has 13 heteroatoms. The first-order valence-electron chi connectivity index (χ1n) is 13.1. The average Bonchev–Trinajstić information content (AvgIpc) is 2.88. The Morgan fingerprint density at radius 1 is 0.775 bits per heavy atom. The van der Waals surface area contributed by atoms with E-state index in [0.717, 1.165) is 5.56 Å². The summed E-state index contributed by atoms with van der Waals surface area (Å²) in [5.74, 6) is -4.14. The van der Waals surface area contributed by atoms with Gasteiger partial charge in [-0.3, -0.25) is 24.0 Å². The third kappa shape index (κ3) is 12.6. The Morgan fingerprint density at radius 2 is 1.40 bits per heavy atom. The van der Waals surface area contributed by atoms with Gasteiger partial charge in [-0.15, -0.1) is 0 Å². The highest BCUT2D eigenvalue weighted by Crippen LogP contribution is 2.07. The van der Waals surface area contributed by atoms with E-state index in [1.165, 1.54) is 13.8 Å². The fourth-order valence-corrected chi connectivity index (χ4v) is 3.44. The normalized spacial score (nSPS) is 13.8. The van der Waals surface area contributed by atoms with Gasteiger partial charge in [-0.05, 0) is 37.7 Å². The first-order valence-corrected chi connectivity index (χ1v) is 13.1. The molecule has 0 saturated carbocycles. The Hall–Kier alpha value is -4.16. The van der Waals surface area contributed by atoms with Crippen LogP contribution in [0.5, 0.6) is 0 Å². The van der Waals surface area contributed by atoms with E-state index in [9.17, 15) is 28.8 Å². The third-order valence-corrected chi connectivity index (χ3v) is 5.70. The van der Waals surface area contributed by atoms with Crippen molar-refractivity contribution in [3.8, 4) is 0 Å². The summed E-state index contributed by atoms with van der Waals surface area (Å²) in [5, 5.41) is 21.1. The lowest BCUT2D eigenvalue weighted by Gasteiger charge is -2.25. The van der Waals surface area contributed by atoms with Gasteiger partial charge in [0.2, 0.25) is 23.6 Å². The zero-order valence-electron chi connectivity index (χ0n) is 23.8. The quantitative estimate of drug-likeness (QED) is 0.179. The van der Waals surface area contributed by atoms with E-state index in [0.29, 0.717) is 0 Å². The number of hydrogen-bond acceptors (Lipinski definition) is 7. The van der Waals surface area contributed by atoms with Crippen molar-refractivity contribution in [2.24, 2.45) is 11.8 Å². The molecule has 1 rings (SSSR count). The molecule has 0 saturated heterocycles. The van der Waals surface area contributed by atoms with Gasteiger partial charge in [0.05, 0.1) is 6.54 Å². The highest BCUT2D eigenvalue weighted by atomic mass is 16.5. The fraction of sp³-hybridized carbons (Fsp3) is 0.556. The molecule has 5 amide bonds. The van der Waals surface area contributed by atoms with Crippen molar-refractivity contribution in [3.05, 3.63) is 35.9 Å². The molecule has 6 N–H and O–H groups in total. The summed E-state index contributed by atoms with van der Waals surface area (Å²) in [6.45, 7) is 9.40. The fourth-order valence-electron chi connectivity index (χ4n) is 3.44. The van der Waals surface area contributed by atoms with Crippen LogP contribution >= 0.6 is 0 Å². The van der Waals surface area contributed by atoms with Crippen molar-refractivity contribution in [1.82, 2.24) is 26.6 Å². The Labute approximate surface area is 234 Å². The van der Waals surface area contributed by atoms with Crippen molar-refractivity contribution in [1.29, 1.82) is 0 Å². The Balaban J connectivity index is 2.71. The molecule has 0 bridgehead atoms. The van der Waals surface area contributed by atoms with Crippen molar-refractivity contribution >= 4 is 35.7 Å². The van der Waals surface area contributed by atoms with Crippen LogP contribution in [0.15, 0.2) is 30.3 Å². The first kappa shape index (κ1) is 33.9. The van der Waals surface area contributed by atoms with Gasteiger partial charge in [-0.2, -0.15) is 0 Å².